The van der Waals surface area contributed by atoms with Crippen molar-refractivity contribution in [3.63, 3.8) is 0 Å². The molecule has 0 spiro atoms. The molecule has 0 radical (unpaired) electrons. The summed E-state index contributed by atoms with van der Waals surface area (Å²) in [5.74, 6) is 0. The van der Waals surface area contributed by atoms with Crippen molar-refractivity contribution in [2.75, 3.05) is 32.5 Å². The number of fused-ring (bicyclic) bond motifs is 1. The predicted octanol–water partition coefficient (Wildman–Crippen LogP) is 3.65. The van der Waals surface area contributed by atoms with Crippen LogP contribution in [0.1, 0.15) is 0 Å². The zero-order valence-electron chi connectivity index (χ0n) is 13.7. The second-order valence-corrected chi connectivity index (χ2v) is 6.75. The van der Waals surface area contributed by atoms with E-state index in [1.165, 1.54) is 0 Å². The van der Waals surface area contributed by atoms with E-state index in [1.54, 1.807) is 11.3 Å². The van der Waals surface area contributed by atoms with Crippen LogP contribution in [0.5, 0.6) is 0 Å². The highest BCUT2D eigenvalue weighted by molar-refractivity contribution is 7.21. The van der Waals surface area contributed by atoms with Crippen LogP contribution in [-0.4, -0.2) is 43.1 Å². The van der Waals surface area contributed by atoms with Gasteiger partial charge in [-0.15, -0.1) is 11.3 Å². The number of likely N-dealkylation sites (N-methyl/N-ethyl adjacent to an activating group) is 1. The average Bonchev–Trinajstić information content (AvgIpc) is 2.98. The number of nitrogens with zero attached hydrogens (tertiary/aromatic N) is 2. The number of amides is 2. The topological polar surface area (TPSA) is 57.3 Å². The molecule has 2 aromatic carbocycles. The summed E-state index contributed by atoms with van der Waals surface area (Å²) in [6, 6.07) is 15.6. The number of para-hydroxylation sites is 2. The van der Waals surface area contributed by atoms with E-state index >= 15 is 0 Å². The van der Waals surface area contributed by atoms with Gasteiger partial charge in [-0.25, -0.2) is 9.78 Å². The second kappa shape index (κ2) is 7.42. The summed E-state index contributed by atoms with van der Waals surface area (Å²) in [6.07, 6.45) is 0. The Kier molecular flexibility index (Phi) is 5.08. The molecule has 0 bridgehead atoms. The molecular formula is C18H20N4OS. The van der Waals surface area contributed by atoms with E-state index in [-0.39, 0.29) is 6.03 Å². The highest BCUT2D eigenvalue weighted by atomic mass is 32.1. The molecule has 2 amide bonds. The molecule has 0 unspecified atom stereocenters. The maximum Gasteiger partial charge on any atom is 0.319 e. The molecule has 0 atom stereocenters. The summed E-state index contributed by atoms with van der Waals surface area (Å²) in [7, 11) is 3.95. The maximum atomic E-state index is 12.1. The van der Waals surface area contributed by atoms with Crippen LogP contribution in [0.4, 0.5) is 10.5 Å². The van der Waals surface area contributed by atoms with Crippen LogP contribution in [0.15, 0.2) is 48.5 Å². The number of thiazole rings is 1. The summed E-state index contributed by atoms with van der Waals surface area (Å²) in [5, 5.41) is 6.69. The molecule has 3 aromatic rings. The standard InChI is InChI=1S/C18H20N4OS/c1-22(2)12-11-19-18(23)21-14-8-4-3-7-13(14)17-20-15-9-5-6-10-16(15)24-17/h3-10H,11-12H2,1-2H3,(H2,19,21,23). The molecule has 1 aromatic heterocycles. The van der Waals surface area contributed by atoms with E-state index in [0.717, 1.165) is 33.0 Å². The average molecular weight is 340 g/mol. The van der Waals surface area contributed by atoms with Crippen LogP contribution in [0, 0.1) is 0 Å². The van der Waals surface area contributed by atoms with Crippen molar-refractivity contribution in [2.45, 2.75) is 0 Å². The molecule has 6 heteroatoms. The number of benzene rings is 2. The molecule has 3 rings (SSSR count). The summed E-state index contributed by atoms with van der Waals surface area (Å²) in [4.78, 5) is 18.8. The molecular weight excluding hydrogens is 320 g/mol. The third-order valence-electron chi connectivity index (χ3n) is 3.54. The van der Waals surface area contributed by atoms with Crippen LogP contribution < -0.4 is 10.6 Å². The fourth-order valence-corrected chi connectivity index (χ4v) is 3.33. The van der Waals surface area contributed by atoms with Crippen molar-refractivity contribution >= 4 is 33.3 Å². The molecule has 24 heavy (non-hydrogen) atoms. The van der Waals surface area contributed by atoms with Crippen molar-refractivity contribution in [3.05, 3.63) is 48.5 Å². The number of rotatable bonds is 5. The fourth-order valence-electron chi connectivity index (χ4n) is 2.33. The first kappa shape index (κ1) is 16.4. The number of nitrogens with one attached hydrogen (secondary N) is 2. The first-order valence-electron chi connectivity index (χ1n) is 7.78. The number of hydrogen-bond donors (Lipinski definition) is 2. The van der Waals surface area contributed by atoms with E-state index in [1.807, 2.05) is 61.5 Å². The molecule has 0 aliphatic heterocycles. The Balaban J connectivity index is 1.79. The number of carbonyl (C=O) groups excluding carboxylic acids is 1. The number of aromatic nitrogens is 1. The van der Waals surface area contributed by atoms with E-state index in [0.29, 0.717) is 6.54 Å². The monoisotopic (exact) mass is 340 g/mol. The molecule has 0 saturated carbocycles. The number of anilines is 1. The third kappa shape index (κ3) is 3.90. The van der Waals surface area contributed by atoms with Crippen LogP contribution >= 0.6 is 11.3 Å². The van der Waals surface area contributed by atoms with Gasteiger partial charge in [-0.3, -0.25) is 0 Å². The van der Waals surface area contributed by atoms with Gasteiger partial charge >= 0.3 is 6.03 Å². The van der Waals surface area contributed by atoms with Crippen molar-refractivity contribution in [1.82, 2.24) is 15.2 Å². The van der Waals surface area contributed by atoms with Gasteiger partial charge in [0, 0.05) is 18.7 Å². The van der Waals surface area contributed by atoms with E-state index in [2.05, 4.69) is 21.7 Å². The smallest absolute Gasteiger partial charge is 0.319 e. The van der Waals surface area contributed by atoms with Crippen LogP contribution in [0.25, 0.3) is 20.8 Å². The molecule has 0 fully saturated rings. The highest BCUT2D eigenvalue weighted by Gasteiger charge is 2.12. The molecule has 5 nitrogen and oxygen atoms in total. The van der Waals surface area contributed by atoms with Gasteiger partial charge in [0.1, 0.15) is 5.01 Å². The first-order valence-corrected chi connectivity index (χ1v) is 8.59. The Morgan fingerprint density at radius 2 is 1.88 bits per heavy atom. The number of carbonyl (C=O) groups is 1. The van der Waals surface area contributed by atoms with Crippen molar-refractivity contribution in [1.29, 1.82) is 0 Å². The number of urea groups is 1. The maximum absolute atomic E-state index is 12.1. The molecule has 1 heterocycles. The lowest BCUT2D eigenvalue weighted by atomic mass is 10.2. The van der Waals surface area contributed by atoms with Gasteiger partial charge in [0.25, 0.3) is 0 Å². The van der Waals surface area contributed by atoms with Gasteiger partial charge in [0.05, 0.1) is 15.9 Å². The molecule has 0 saturated heterocycles. The lowest BCUT2D eigenvalue weighted by Gasteiger charge is -2.12. The Morgan fingerprint density at radius 3 is 2.67 bits per heavy atom. The summed E-state index contributed by atoms with van der Waals surface area (Å²) in [5.41, 5.74) is 2.67. The van der Waals surface area contributed by atoms with Gasteiger partial charge in [0.2, 0.25) is 0 Å². The molecule has 2 N–H and O–H groups in total. The molecule has 0 aliphatic carbocycles. The molecule has 124 valence electrons. The Bertz CT molecular complexity index is 811. The van der Waals surface area contributed by atoms with Crippen LogP contribution in [0.2, 0.25) is 0 Å². The Hall–Kier alpha value is -2.44. The fraction of sp³-hybridized carbons (Fsp3) is 0.222. The SMILES string of the molecule is CN(C)CCNC(=O)Nc1ccccc1-c1nc2ccccc2s1. The Labute approximate surface area is 145 Å². The van der Waals surface area contributed by atoms with Crippen LogP contribution in [0.3, 0.4) is 0 Å². The van der Waals surface area contributed by atoms with E-state index in [4.69, 9.17) is 0 Å². The summed E-state index contributed by atoms with van der Waals surface area (Å²) < 4.78 is 1.14. The summed E-state index contributed by atoms with van der Waals surface area (Å²) >= 11 is 1.62. The summed E-state index contributed by atoms with van der Waals surface area (Å²) in [6.45, 7) is 1.40. The van der Waals surface area contributed by atoms with Gasteiger partial charge in [-0.1, -0.05) is 24.3 Å². The van der Waals surface area contributed by atoms with E-state index in [9.17, 15) is 4.79 Å². The first-order chi connectivity index (χ1) is 11.6. The van der Waals surface area contributed by atoms with Crippen molar-refractivity contribution < 1.29 is 4.79 Å². The predicted molar refractivity (Wildman–Crippen MR) is 101 cm³/mol. The lowest BCUT2D eigenvalue weighted by molar-refractivity contribution is 0.250. The quantitative estimate of drug-likeness (QED) is 0.745. The second-order valence-electron chi connectivity index (χ2n) is 5.72. The minimum Gasteiger partial charge on any atom is -0.337 e. The van der Waals surface area contributed by atoms with Gasteiger partial charge in [0.15, 0.2) is 0 Å². The van der Waals surface area contributed by atoms with Crippen LogP contribution in [-0.2, 0) is 0 Å². The highest BCUT2D eigenvalue weighted by Crippen LogP contribution is 2.34. The van der Waals surface area contributed by atoms with Gasteiger partial charge < -0.3 is 15.5 Å². The molecule has 0 aliphatic rings. The normalized spacial score (nSPS) is 11.0. The lowest BCUT2D eigenvalue weighted by Crippen LogP contribution is -2.34. The minimum absolute atomic E-state index is 0.203. The van der Waals surface area contributed by atoms with E-state index < -0.39 is 0 Å². The van der Waals surface area contributed by atoms with Crippen molar-refractivity contribution in [2.24, 2.45) is 0 Å². The zero-order valence-corrected chi connectivity index (χ0v) is 14.6. The Morgan fingerprint density at radius 1 is 1.12 bits per heavy atom. The van der Waals surface area contributed by atoms with Crippen molar-refractivity contribution in [3.8, 4) is 10.6 Å². The van der Waals surface area contributed by atoms with Gasteiger partial charge in [-0.05, 0) is 38.4 Å². The van der Waals surface area contributed by atoms with Gasteiger partial charge in [-0.2, -0.15) is 0 Å². The third-order valence-corrected chi connectivity index (χ3v) is 4.61. The zero-order chi connectivity index (χ0) is 16.9. The minimum atomic E-state index is -0.203. The number of hydrogen-bond acceptors (Lipinski definition) is 4. The largest absolute Gasteiger partial charge is 0.337 e.